The number of fused-ring (bicyclic) bond motifs is 2. The third kappa shape index (κ3) is 0.838. The average molecular weight is 166 g/mol. The summed E-state index contributed by atoms with van der Waals surface area (Å²) in [6.07, 6.45) is 6.16. The summed E-state index contributed by atoms with van der Waals surface area (Å²) in [5, 5.41) is 0. The fourth-order valence-corrected chi connectivity index (χ4v) is 2.57. The number of rotatable bonds is 1. The fraction of sp³-hybridized carbons (Fsp3) is 0.700. The number of carbonyl (C=O) groups excluding carboxylic acids is 1. The van der Waals surface area contributed by atoms with Crippen molar-refractivity contribution in [2.24, 2.45) is 17.3 Å². The normalized spacial score (nSPS) is 43.5. The van der Waals surface area contributed by atoms with Gasteiger partial charge >= 0.3 is 5.97 Å². The molecule has 0 radical (unpaired) electrons. The molecule has 0 amide bonds. The van der Waals surface area contributed by atoms with E-state index in [2.05, 4.69) is 13.0 Å². The Bertz CT molecular complexity index is 244. The van der Waals surface area contributed by atoms with Crippen LogP contribution >= 0.6 is 0 Å². The van der Waals surface area contributed by atoms with Gasteiger partial charge in [-0.25, -0.2) is 0 Å². The minimum absolute atomic E-state index is 0.0504. The SMILES string of the molecule is COC(=O)C12C=CC(C1)C(C)C2. The molecule has 2 heteroatoms. The molecule has 0 aromatic rings. The molecular weight excluding hydrogens is 152 g/mol. The first-order valence-corrected chi connectivity index (χ1v) is 4.46. The molecule has 1 fully saturated rings. The topological polar surface area (TPSA) is 26.3 Å². The largest absolute Gasteiger partial charge is 0.468 e. The van der Waals surface area contributed by atoms with Crippen molar-refractivity contribution in [2.45, 2.75) is 19.8 Å². The number of allylic oxidation sites excluding steroid dienone is 1. The van der Waals surface area contributed by atoms with Crippen LogP contribution < -0.4 is 0 Å². The van der Waals surface area contributed by atoms with Crippen LogP contribution in [0, 0.1) is 17.3 Å². The maximum Gasteiger partial charge on any atom is 0.315 e. The maximum absolute atomic E-state index is 11.5. The summed E-state index contributed by atoms with van der Waals surface area (Å²) in [5.41, 5.74) is -0.251. The molecule has 1 saturated carbocycles. The van der Waals surface area contributed by atoms with E-state index in [1.165, 1.54) is 7.11 Å². The monoisotopic (exact) mass is 166 g/mol. The lowest BCUT2D eigenvalue weighted by atomic mass is 9.85. The van der Waals surface area contributed by atoms with Gasteiger partial charge in [0.05, 0.1) is 12.5 Å². The molecule has 0 aromatic carbocycles. The Morgan fingerprint density at radius 3 is 2.75 bits per heavy atom. The van der Waals surface area contributed by atoms with Crippen LogP contribution in [0.4, 0.5) is 0 Å². The van der Waals surface area contributed by atoms with Crippen molar-refractivity contribution in [1.29, 1.82) is 0 Å². The molecule has 2 aliphatic rings. The Labute approximate surface area is 72.6 Å². The molecule has 12 heavy (non-hydrogen) atoms. The summed E-state index contributed by atoms with van der Waals surface area (Å²) in [5.74, 6) is 1.21. The van der Waals surface area contributed by atoms with Gasteiger partial charge < -0.3 is 4.74 Å². The van der Waals surface area contributed by atoms with Gasteiger partial charge in [0.1, 0.15) is 0 Å². The summed E-state index contributed by atoms with van der Waals surface area (Å²) in [7, 11) is 1.47. The van der Waals surface area contributed by atoms with E-state index in [0.29, 0.717) is 11.8 Å². The molecule has 0 aromatic heterocycles. The van der Waals surface area contributed by atoms with Crippen LogP contribution in [0.1, 0.15) is 19.8 Å². The number of methoxy groups -OCH3 is 1. The lowest BCUT2D eigenvalue weighted by Crippen LogP contribution is -2.26. The molecule has 0 spiro atoms. The molecular formula is C10H14O2. The Morgan fingerprint density at radius 1 is 1.58 bits per heavy atom. The van der Waals surface area contributed by atoms with E-state index in [-0.39, 0.29) is 11.4 Å². The van der Waals surface area contributed by atoms with Crippen molar-refractivity contribution in [1.82, 2.24) is 0 Å². The second-order valence-corrected chi connectivity index (χ2v) is 4.06. The van der Waals surface area contributed by atoms with Gasteiger partial charge in [0.25, 0.3) is 0 Å². The van der Waals surface area contributed by atoms with Crippen LogP contribution in [-0.2, 0) is 9.53 Å². The first kappa shape index (κ1) is 7.84. The highest BCUT2D eigenvalue weighted by molar-refractivity contribution is 5.80. The summed E-state index contributed by atoms with van der Waals surface area (Å²) >= 11 is 0. The van der Waals surface area contributed by atoms with E-state index in [4.69, 9.17) is 4.74 Å². The third-order valence-corrected chi connectivity index (χ3v) is 3.27. The smallest absolute Gasteiger partial charge is 0.315 e. The molecule has 2 nitrogen and oxygen atoms in total. The van der Waals surface area contributed by atoms with Crippen molar-refractivity contribution in [3.63, 3.8) is 0 Å². The van der Waals surface area contributed by atoms with Crippen molar-refractivity contribution < 1.29 is 9.53 Å². The predicted octanol–water partition coefficient (Wildman–Crippen LogP) is 1.76. The molecule has 0 saturated heterocycles. The zero-order valence-electron chi connectivity index (χ0n) is 7.54. The van der Waals surface area contributed by atoms with Gasteiger partial charge in [-0.3, -0.25) is 4.79 Å². The molecule has 2 rings (SSSR count). The lowest BCUT2D eigenvalue weighted by Gasteiger charge is -2.21. The van der Waals surface area contributed by atoms with Crippen molar-refractivity contribution in [2.75, 3.05) is 7.11 Å². The molecule has 0 aliphatic heterocycles. The lowest BCUT2D eigenvalue weighted by molar-refractivity contribution is -0.149. The van der Waals surface area contributed by atoms with Gasteiger partial charge in [0.15, 0.2) is 0 Å². The van der Waals surface area contributed by atoms with Gasteiger partial charge in [-0.05, 0) is 24.7 Å². The van der Waals surface area contributed by atoms with Crippen LogP contribution in [0.2, 0.25) is 0 Å². The summed E-state index contributed by atoms with van der Waals surface area (Å²) < 4.78 is 4.81. The summed E-state index contributed by atoms with van der Waals surface area (Å²) in [4.78, 5) is 11.5. The first-order valence-electron chi connectivity index (χ1n) is 4.46. The Hall–Kier alpha value is -0.790. The Morgan fingerprint density at radius 2 is 2.33 bits per heavy atom. The molecule has 0 N–H and O–H groups in total. The molecule has 3 unspecified atom stereocenters. The van der Waals surface area contributed by atoms with Crippen LogP contribution in [0.5, 0.6) is 0 Å². The average Bonchev–Trinajstić information content (AvgIpc) is 2.60. The van der Waals surface area contributed by atoms with Crippen LogP contribution in [0.15, 0.2) is 12.2 Å². The molecule has 3 atom stereocenters. The quantitative estimate of drug-likeness (QED) is 0.438. The first-order chi connectivity index (χ1) is 5.68. The highest BCUT2D eigenvalue weighted by Gasteiger charge is 2.50. The standard InChI is InChI=1S/C10H14O2/c1-7-5-10(9(11)12-2)4-3-8(7)6-10/h3-4,7-8H,5-6H2,1-2H3. The minimum Gasteiger partial charge on any atom is -0.468 e. The van der Waals surface area contributed by atoms with E-state index in [0.717, 1.165) is 12.8 Å². The molecule has 2 aliphatic carbocycles. The summed E-state index contributed by atoms with van der Waals surface area (Å²) in [6, 6.07) is 0. The van der Waals surface area contributed by atoms with Crippen LogP contribution in [-0.4, -0.2) is 13.1 Å². The highest BCUT2D eigenvalue weighted by atomic mass is 16.5. The van der Waals surface area contributed by atoms with Gasteiger partial charge in [-0.1, -0.05) is 19.1 Å². The number of esters is 1. The van der Waals surface area contributed by atoms with E-state index < -0.39 is 0 Å². The maximum atomic E-state index is 11.5. The van der Waals surface area contributed by atoms with E-state index in [1.807, 2.05) is 6.08 Å². The van der Waals surface area contributed by atoms with Crippen molar-refractivity contribution in [3.8, 4) is 0 Å². The number of hydrogen-bond acceptors (Lipinski definition) is 2. The van der Waals surface area contributed by atoms with Gasteiger partial charge in [0.2, 0.25) is 0 Å². The number of carbonyl (C=O) groups is 1. The van der Waals surface area contributed by atoms with E-state index >= 15 is 0 Å². The second-order valence-electron chi connectivity index (χ2n) is 4.06. The van der Waals surface area contributed by atoms with E-state index in [1.54, 1.807) is 0 Å². The summed E-state index contributed by atoms with van der Waals surface area (Å²) in [6.45, 7) is 2.21. The third-order valence-electron chi connectivity index (χ3n) is 3.27. The van der Waals surface area contributed by atoms with Crippen molar-refractivity contribution >= 4 is 5.97 Å². The zero-order chi connectivity index (χ0) is 8.77. The second kappa shape index (κ2) is 2.35. The molecule has 66 valence electrons. The number of hydrogen-bond donors (Lipinski definition) is 0. The minimum atomic E-state index is -0.251. The fourth-order valence-electron chi connectivity index (χ4n) is 2.57. The Balaban J connectivity index is 2.25. The number of ether oxygens (including phenoxy) is 1. The highest BCUT2D eigenvalue weighted by Crippen LogP contribution is 2.52. The van der Waals surface area contributed by atoms with Gasteiger partial charge in [0, 0.05) is 0 Å². The van der Waals surface area contributed by atoms with Crippen LogP contribution in [0.3, 0.4) is 0 Å². The van der Waals surface area contributed by atoms with Crippen LogP contribution in [0.25, 0.3) is 0 Å². The Kier molecular flexibility index (Phi) is 1.53. The van der Waals surface area contributed by atoms with Crippen molar-refractivity contribution in [3.05, 3.63) is 12.2 Å². The predicted molar refractivity (Wildman–Crippen MR) is 45.5 cm³/mol. The molecule has 0 heterocycles. The van der Waals surface area contributed by atoms with E-state index in [9.17, 15) is 4.79 Å². The van der Waals surface area contributed by atoms with Gasteiger partial charge in [-0.15, -0.1) is 0 Å². The zero-order valence-corrected chi connectivity index (χ0v) is 7.54. The molecule has 2 bridgehead atoms. The van der Waals surface area contributed by atoms with Gasteiger partial charge in [-0.2, -0.15) is 0 Å².